The van der Waals surface area contributed by atoms with Gasteiger partial charge in [0, 0.05) is 13.0 Å². The van der Waals surface area contributed by atoms with Crippen LogP contribution in [0.25, 0.3) is 0 Å². The van der Waals surface area contributed by atoms with E-state index in [1.165, 1.54) is 12.0 Å². The molecule has 2 heterocycles. The number of likely N-dealkylation sites (tertiary alicyclic amines) is 1. The zero-order valence-corrected chi connectivity index (χ0v) is 11.8. The molecular weight excluding hydrogens is 316 g/mol. The van der Waals surface area contributed by atoms with Crippen LogP contribution in [0.4, 0.5) is 0 Å². The van der Waals surface area contributed by atoms with Gasteiger partial charge in [-0.15, -0.1) is 0 Å². The van der Waals surface area contributed by atoms with Crippen LogP contribution < -0.4 is 0 Å². The lowest BCUT2D eigenvalue weighted by atomic mass is 10.2. The number of methoxy groups -OCH3 is 1. The maximum atomic E-state index is 12.3. The van der Waals surface area contributed by atoms with Gasteiger partial charge in [0.15, 0.2) is 0 Å². The molecule has 0 bridgehead atoms. The summed E-state index contributed by atoms with van der Waals surface area (Å²) in [5, 5.41) is 9.63. The second-order valence-electron chi connectivity index (χ2n) is 4.23. The fourth-order valence-electron chi connectivity index (χ4n) is 2.07. The smallest absolute Gasteiger partial charge is 0.328 e. The maximum absolute atomic E-state index is 12.3. The molecule has 1 aromatic rings. The number of pyridine rings is 1. The van der Waals surface area contributed by atoms with E-state index in [4.69, 9.17) is 0 Å². The van der Waals surface area contributed by atoms with Gasteiger partial charge in [-0.25, -0.2) is 9.78 Å². The molecule has 6 nitrogen and oxygen atoms in total. The third-order valence-electron chi connectivity index (χ3n) is 2.95. The first kappa shape index (κ1) is 14.0. The minimum atomic E-state index is -0.756. The first-order chi connectivity index (χ1) is 9.02. The number of halogens is 1. The minimum Gasteiger partial charge on any atom is -0.467 e. The summed E-state index contributed by atoms with van der Waals surface area (Å²) in [5.74, 6) is -0.923. The fourth-order valence-corrected chi connectivity index (χ4v) is 2.42. The predicted molar refractivity (Wildman–Crippen MR) is 69.4 cm³/mol. The monoisotopic (exact) mass is 328 g/mol. The fraction of sp³-hybridized carbons (Fsp3) is 0.417. The number of aliphatic hydroxyl groups excluding tert-OH is 1. The average molecular weight is 329 g/mol. The van der Waals surface area contributed by atoms with E-state index < -0.39 is 24.0 Å². The van der Waals surface area contributed by atoms with Crippen molar-refractivity contribution in [1.29, 1.82) is 0 Å². The summed E-state index contributed by atoms with van der Waals surface area (Å²) in [4.78, 5) is 29.3. The highest BCUT2D eigenvalue weighted by atomic mass is 79.9. The van der Waals surface area contributed by atoms with E-state index in [9.17, 15) is 14.7 Å². The minimum absolute atomic E-state index is 0.104. The quantitative estimate of drug-likeness (QED) is 0.635. The van der Waals surface area contributed by atoms with E-state index in [-0.39, 0.29) is 18.7 Å². The molecule has 2 rings (SSSR count). The Morgan fingerprint density at radius 3 is 2.89 bits per heavy atom. The van der Waals surface area contributed by atoms with E-state index in [2.05, 4.69) is 25.7 Å². The molecule has 19 heavy (non-hydrogen) atoms. The molecule has 102 valence electrons. The van der Waals surface area contributed by atoms with Crippen LogP contribution in [0.1, 0.15) is 16.9 Å². The maximum Gasteiger partial charge on any atom is 0.328 e. The molecule has 0 radical (unpaired) electrons. The van der Waals surface area contributed by atoms with E-state index in [0.29, 0.717) is 4.60 Å². The van der Waals surface area contributed by atoms with Gasteiger partial charge >= 0.3 is 5.97 Å². The third kappa shape index (κ3) is 2.93. The van der Waals surface area contributed by atoms with Crippen LogP contribution in [-0.2, 0) is 9.53 Å². The van der Waals surface area contributed by atoms with Crippen molar-refractivity contribution in [3.63, 3.8) is 0 Å². The standard InChI is InChI=1S/C12H13BrN2O4/c1-19-12(18)9-5-7(16)6-15(9)11(17)8-3-2-4-10(13)14-8/h2-4,7,9,16H,5-6H2,1H3. The second kappa shape index (κ2) is 5.66. The van der Waals surface area contributed by atoms with Gasteiger partial charge in [0.05, 0.1) is 13.2 Å². The Bertz CT molecular complexity index is 508. The topological polar surface area (TPSA) is 79.7 Å². The molecular formula is C12H13BrN2O4. The molecule has 7 heteroatoms. The van der Waals surface area contributed by atoms with Gasteiger partial charge in [-0.3, -0.25) is 4.79 Å². The molecule has 1 amide bonds. The lowest BCUT2D eigenvalue weighted by Crippen LogP contribution is -2.41. The van der Waals surface area contributed by atoms with Gasteiger partial charge < -0.3 is 14.7 Å². The molecule has 1 N–H and O–H groups in total. The van der Waals surface area contributed by atoms with Crippen molar-refractivity contribution in [2.75, 3.05) is 13.7 Å². The zero-order chi connectivity index (χ0) is 14.0. The summed E-state index contributed by atoms with van der Waals surface area (Å²) in [7, 11) is 1.26. The highest BCUT2D eigenvalue weighted by Crippen LogP contribution is 2.21. The average Bonchev–Trinajstić information content (AvgIpc) is 2.79. The lowest BCUT2D eigenvalue weighted by Gasteiger charge is -2.21. The number of nitrogens with zero attached hydrogens (tertiary/aromatic N) is 2. The molecule has 2 atom stereocenters. The zero-order valence-electron chi connectivity index (χ0n) is 10.2. The van der Waals surface area contributed by atoms with Crippen molar-refractivity contribution in [3.05, 3.63) is 28.5 Å². The number of aliphatic hydroxyl groups is 1. The predicted octanol–water partition coefficient (Wildman–Crippen LogP) is 0.592. The number of ether oxygens (including phenoxy) is 1. The van der Waals surface area contributed by atoms with Gasteiger partial charge in [-0.2, -0.15) is 0 Å². The van der Waals surface area contributed by atoms with E-state index in [0.717, 1.165) is 0 Å². The van der Waals surface area contributed by atoms with Crippen LogP contribution in [0, 0.1) is 0 Å². The van der Waals surface area contributed by atoms with E-state index in [1.54, 1.807) is 18.2 Å². The van der Waals surface area contributed by atoms with Gasteiger partial charge in [-0.05, 0) is 28.1 Å². The Morgan fingerprint density at radius 1 is 1.53 bits per heavy atom. The summed E-state index contributed by atoms with van der Waals surface area (Å²) < 4.78 is 5.18. The number of β-amino-alcohol motifs (C(OH)–C–C–N with tert-alkyl or cyclic N) is 1. The summed E-state index contributed by atoms with van der Waals surface area (Å²) >= 11 is 3.19. The number of rotatable bonds is 2. The van der Waals surface area contributed by atoms with Gasteiger partial charge in [0.2, 0.25) is 0 Å². The van der Waals surface area contributed by atoms with Gasteiger partial charge in [0.1, 0.15) is 16.3 Å². The van der Waals surface area contributed by atoms with E-state index in [1.807, 2.05) is 0 Å². The summed E-state index contributed by atoms with van der Waals surface area (Å²) in [6.45, 7) is 0.104. The van der Waals surface area contributed by atoms with Crippen LogP contribution in [0.5, 0.6) is 0 Å². The molecule has 2 unspecified atom stereocenters. The number of aromatic nitrogens is 1. The number of esters is 1. The van der Waals surface area contributed by atoms with Crippen molar-refractivity contribution in [1.82, 2.24) is 9.88 Å². The molecule has 1 aliphatic rings. The van der Waals surface area contributed by atoms with Crippen molar-refractivity contribution in [2.45, 2.75) is 18.6 Å². The summed E-state index contributed by atoms with van der Waals surface area (Å²) in [6.07, 6.45) is -0.535. The van der Waals surface area contributed by atoms with Crippen molar-refractivity contribution >= 4 is 27.8 Å². The first-order valence-electron chi connectivity index (χ1n) is 5.72. The molecule has 0 spiro atoms. The number of hydrogen-bond donors (Lipinski definition) is 1. The SMILES string of the molecule is COC(=O)C1CC(O)CN1C(=O)c1cccc(Br)n1. The molecule has 1 saturated heterocycles. The van der Waals surface area contributed by atoms with Crippen LogP contribution in [-0.4, -0.2) is 52.7 Å². The molecule has 0 saturated carbocycles. The van der Waals surface area contributed by atoms with Gasteiger partial charge in [-0.1, -0.05) is 6.07 Å². The molecule has 1 aromatic heterocycles. The van der Waals surface area contributed by atoms with Crippen LogP contribution in [0.2, 0.25) is 0 Å². The normalized spacial score (nSPS) is 22.4. The highest BCUT2D eigenvalue weighted by molar-refractivity contribution is 9.10. The number of hydrogen-bond acceptors (Lipinski definition) is 5. The molecule has 1 aliphatic heterocycles. The number of carbonyl (C=O) groups excluding carboxylic acids is 2. The van der Waals surface area contributed by atoms with Crippen LogP contribution in [0.3, 0.4) is 0 Å². The molecule has 0 aliphatic carbocycles. The second-order valence-corrected chi connectivity index (χ2v) is 5.04. The Morgan fingerprint density at radius 2 is 2.26 bits per heavy atom. The Labute approximate surface area is 118 Å². The van der Waals surface area contributed by atoms with Gasteiger partial charge in [0.25, 0.3) is 5.91 Å². The van der Waals surface area contributed by atoms with Crippen molar-refractivity contribution < 1.29 is 19.4 Å². The Balaban J connectivity index is 2.24. The summed E-state index contributed by atoms with van der Waals surface area (Å²) in [6, 6.07) is 4.19. The third-order valence-corrected chi connectivity index (χ3v) is 3.39. The van der Waals surface area contributed by atoms with Crippen LogP contribution >= 0.6 is 15.9 Å². The van der Waals surface area contributed by atoms with E-state index >= 15 is 0 Å². The Kier molecular flexibility index (Phi) is 4.16. The number of amides is 1. The van der Waals surface area contributed by atoms with Crippen molar-refractivity contribution in [2.24, 2.45) is 0 Å². The van der Waals surface area contributed by atoms with Crippen molar-refractivity contribution in [3.8, 4) is 0 Å². The Hall–Kier alpha value is -1.47. The highest BCUT2D eigenvalue weighted by Gasteiger charge is 2.40. The number of carbonyl (C=O) groups is 2. The first-order valence-corrected chi connectivity index (χ1v) is 6.51. The largest absolute Gasteiger partial charge is 0.467 e. The lowest BCUT2D eigenvalue weighted by molar-refractivity contribution is -0.145. The van der Waals surface area contributed by atoms with Crippen LogP contribution in [0.15, 0.2) is 22.8 Å². The molecule has 1 fully saturated rings. The summed E-state index contributed by atoms with van der Waals surface area (Å²) in [5.41, 5.74) is 0.220. The molecule has 0 aromatic carbocycles.